The third-order valence-corrected chi connectivity index (χ3v) is 4.12. The second-order valence-corrected chi connectivity index (χ2v) is 5.83. The predicted molar refractivity (Wildman–Crippen MR) is 101 cm³/mol. The minimum absolute atomic E-state index is 0.0713. The van der Waals surface area contributed by atoms with E-state index >= 15 is 0 Å². The number of ether oxygens (including phenoxy) is 1. The van der Waals surface area contributed by atoms with Gasteiger partial charge in [0.2, 0.25) is 0 Å². The van der Waals surface area contributed by atoms with Crippen LogP contribution >= 0.6 is 0 Å². The van der Waals surface area contributed by atoms with Crippen molar-refractivity contribution in [3.8, 4) is 11.8 Å². The zero-order valence-electron chi connectivity index (χ0n) is 13.8. The van der Waals surface area contributed by atoms with E-state index in [1.165, 1.54) is 0 Å². The third-order valence-electron chi connectivity index (χ3n) is 4.12. The lowest BCUT2D eigenvalue weighted by atomic mass is 10.1. The number of imidazole rings is 1. The average molecular weight is 341 g/mol. The first-order valence-corrected chi connectivity index (χ1v) is 8.13. The number of nitrogens with one attached hydrogen (secondary N) is 1. The van der Waals surface area contributed by atoms with Crippen LogP contribution in [0.4, 0.5) is 0 Å². The highest BCUT2D eigenvalue weighted by Crippen LogP contribution is 2.22. The number of benzene rings is 3. The van der Waals surface area contributed by atoms with Gasteiger partial charge >= 0.3 is 0 Å². The minimum atomic E-state index is -0.167. The molecule has 0 radical (unpaired) electrons. The second-order valence-electron chi connectivity index (χ2n) is 5.83. The van der Waals surface area contributed by atoms with E-state index in [0.717, 1.165) is 21.8 Å². The van der Waals surface area contributed by atoms with E-state index in [1.54, 1.807) is 0 Å². The molecule has 0 bridgehead atoms. The fraction of sp³-hybridized carbons (Fsp3) is 0.0476. The molecule has 3 aromatic carbocycles. The minimum Gasteiger partial charge on any atom is -0.507 e. The Balaban J connectivity index is 1.59. The monoisotopic (exact) mass is 341 g/mol. The topological polar surface area (TPSA) is 81.9 Å². The maximum Gasteiger partial charge on any atom is 0.152 e. The molecule has 0 saturated carbocycles. The van der Waals surface area contributed by atoms with Crippen LogP contribution in [0.25, 0.3) is 27.4 Å². The summed E-state index contributed by atoms with van der Waals surface area (Å²) in [4.78, 5) is 7.39. The van der Waals surface area contributed by atoms with Gasteiger partial charge in [-0.3, -0.25) is 0 Å². The number of hydrogen-bond donors (Lipinski definition) is 2. The summed E-state index contributed by atoms with van der Waals surface area (Å²) in [5, 5.41) is 21.9. The normalized spacial score (nSPS) is 12.0. The SMILES string of the molecule is N#C/C(=C(/O)COc1ccc2ccccc2c1)c1nc2ccccc2[nH]1. The molecule has 5 heteroatoms. The molecule has 0 saturated heterocycles. The van der Waals surface area contributed by atoms with Gasteiger partial charge in [-0.1, -0.05) is 42.5 Å². The van der Waals surface area contributed by atoms with Crippen LogP contribution in [-0.2, 0) is 0 Å². The van der Waals surface area contributed by atoms with E-state index in [9.17, 15) is 10.4 Å². The maximum absolute atomic E-state index is 10.3. The molecule has 0 fully saturated rings. The molecule has 0 amide bonds. The standard InChI is InChI=1S/C21H15N3O2/c22-12-17(21-23-18-7-3-4-8-19(18)24-21)20(25)13-26-16-10-9-14-5-1-2-6-15(14)11-16/h1-11,25H,13H2,(H,23,24)/b20-17-. The van der Waals surface area contributed by atoms with Gasteiger partial charge in [-0.05, 0) is 35.0 Å². The number of fused-ring (bicyclic) bond motifs is 2. The number of nitrogens with zero attached hydrogens (tertiary/aromatic N) is 2. The summed E-state index contributed by atoms with van der Waals surface area (Å²) in [5.74, 6) is 0.783. The van der Waals surface area contributed by atoms with Crippen molar-refractivity contribution in [1.82, 2.24) is 9.97 Å². The predicted octanol–water partition coefficient (Wildman–Crippen LogP) is 4.59. The first kappa shape index (κ1) is 15.7. The Kier molecular flexibility index (Phi) is 4.00. The maximum atomic E-state index is 10.3. The number of aromatic amines is 1. The molecule has 0 atom stereocenters. The van der Waals surface area contributed by atoms with Crippen LogP contribution in [0.5, 0.6) is 5.75 Å². The number of H-pyrrole nitrogens is 1. The Morgan fingerprint density at radius 3 is 2.62 bits per heavy atom. The number of hydrogen-bond acceptors (Lipinski definition) is 4. The number of aliphatic hydroxyl groups excluding tert-OH is 1. The van der Waals surface area contributed by atoms with Gasteiger partial charge in [0.1, 0.15) is 24.0 Å². The Morgan fingerprint density at radius 1 is 1.04 bits per heavy atom. The number of allylic oxidation sites excluding steroid dienone is 1. The molecule has 2 N–H and O–H groups in total. The third kappa shape index (κ3) is 2.96. The van der Waals surface area contributed by atoms with Crippen LogP contribution in [0.3, 0.4) is 0 Å². The molecule has 1 aromatic heterocycles. The quantitative estimate of drug-likeness (QED) is 0.420. The van der Waals surface area contributed by atoms with Gasteiger partial charge < -0.3 is 14.8 Å². The molecule has 5 nitrogen and oxygen atoms in total. The molecule has 1 heterocycles. The Bertz CT molecular complexity index is 1140. The van der Waals surface area contributed by atoms with Crippen molar-refractivity contribution in [2.45, 2.75) is 0 Å². The van der Waals surface area contributed by atoms with Crippen molar-refractivity contribution in [2.24, 2.45) is 0 Å². The first-order valence-electron chi connectivity index (χ1n) is 8.13. The average Bonchev–Trinajstić information content (AvgIpc) is 3.10. The van der Waals surface area contributed by atoms with Crippen molar-refractivity contribution in [1.29, 1.82) is 5.26 Å². The molecule has 4 aromatic rings. The number of para-hydroxylation sites is 2. The van der Waals surface area contributed by atoms with Gasteiger partial charge in [0.05, 0.1) is 11.0 Å². The van der Waals surface area contributed by atoms with Gasteiger partial charge in [-0.25, -0.2) is 4.98 Å². The first-order chi connectivity index (χ1) is 12.7. The largest absolute Gasteiger partial charge is 0.507 e. The van der Waals surface area contributed by atoms with E-state index in [-0.39, 0.29) is 17.9 Å². The lowest BCUT2D eigenvalue weighted by Gasteiger charge is -2.08. The Morgan fingerprint density at radius 2 is 1.81 bits per heavy atom. The van der Waals surface area contributed by atoms with Crippen LogP contribution in [0.1, 0.15) is 5.82 Å². The van der Waals surface area contributed by atoms with Gasteiger partial charge in [0.15, 0.2) is 11.6 Å². The molecule has 0 aliphatic heterocycles. The van der Waals surface area contributed by atoms with E-state index < -0.39 is 0 Å². The number of aliphatic hydroxyl groups is 1. The zero-order valence-corrected chi connectivity index (χ0v) is 13.8. The number of aromatic nitrogens is 2. The van der Waals surface area contributed by atoms with Crippen LogP contribution in [0.2, 0.25) is 0 Å². The number of rotatable bonds is 4. The highest BCUT2D eigenvalue weighted by Gasteiger charge is 2.13. The molecule has 0 unspecified atom stereocenters. The van der Waals surface area contributed by atoms with Crippen molar-refractivity contribution < 1.29 is 9.84 Å². The number of nitriles is 1. The fourth-order valence-corrected chi connectivity index (χ4v) is 2.81. The Hall–Kier alpha value is -3.78. The van der Waals surface area contributed by atoms with Crippen molar-refractivity contribution in [3.05, 3.63) is 78.3 Å². The van der Waals surface area contributed by atoms with Gasteiger partial charge in [-0.15, -0.1) is 0 Å². The molecule has 126 valence electrons. The van der Waals surface area contributed by atoms with Crippen molar-refractivity contribution in [3.63, 3.8) is 0 Å². The van der Waals surface area contributed by atoms with Crippen LogP contribution in [0, 0.1) is 11.3 Å². The zero-order chi connectivity index (χ0) is 17.9. The summed E-state index contributed by atoms with van der Waals surface area (Å²) in [6, 6.07) is 23.1. The van der Waals surface area contributed by atoms with Gasteiger partial charge in [-0.2, -0.15) is 5.26 Å². The summed E-state index contributed by atoms with van der Waals surface area (Å²) in [6.07, 6.45) is 0. The Labute approximate surface area is 149 Å². The smallest absolute Gasteiger partial charge is 0.152 e. The molecule has 4 rings (SSSR count). The lowest BCUT2D eigenvalue weighted by Crippen LogP contribution is -2.04. The van der Waals surface area contributed by atoms with E-state index in [0.29, 0.717) is 11.6 Å². The van der Waals surface area contributed by atoms with E-state index in [2.05, 4.69) is 9.97 Å². The molecule has 0 aliphatic rings. The summed E-state index contributed by atoms with van der Waals surface area (Å²) in [5.41, 5.74) is 1.61. The van der Waals surface area contributed by atoms with Crippen molar-refractivity contribution in [2.75, 3.05) is 6.61 Å². The van der Waals surface area contributed by atoms with E-state index in [4.69, 9.17) is 4.74 Å². The van der Waals surface area contributed by atoms with Crippen LogP contribution < -0.4 is 4.74 Å². The summed E-state index contributed by atoms with van der Waals surface area (Å²) in [6.45, 7) is -0.113. The molecule has 0 aliphatic carbocycles. The lowest BCUT2D eigenvalue weighted by molar-refractivity contribution is 0.273. The van der Waals surface area contributed by atoms with Crippen LogP contribution in [0.15, 0.2) is 72.5 Å². The van der Waals surface area contributed by atoms with Gasteiger partial charge in [0.25, 0.3) is 0 Å². The summed E-state index contributed by atoms with van der Waals surface area (Å²) in [7, 11) is 0. The molecule has 0 spiro atoms. The van der Waals surface area contributed by atoms with E-state index in [1.807, 2.05) is 72.8 Å². The highest BCUT2D eigenvalue weighted by molar-refractivity contribution is 5.84. The summed E-state index contributed by atoms with van der Waals surface area (Å²) >= 11 is 0. The second kappa shape index (κ2) is 6.61. The highest BCUT2D eigenvalue weighted by atomic mass is 16.5. The van der Waals surface area contributed by atoms with Crippen molar-refractivity contribution >= 4 is 27.4 Å². The summed E-state index contributed by atoms with van der Waals surface area (Å²) < 4.78 is 5.65. The molecular weight excluding hydrogens is 326 g/mol. The fourth-order valence-electron chi connectivity index (χ4n) is 2.81. The molecular formula is C21H15N3O2. The van der Waals surface area contributed by atoms with Crippen LogP contribution in [-0.4, -0.2) is 21.7 Å². The molecule has 26 heavy (non-hydrogen) atoms. The van der Waals surface area contributed by atoms with Gasteiger partial charge in [0, 0.05) is 0 Å².